The van der Waals surface area contributed by atoms with E-state index in [0.29, 0.717) is 16.8 Å². The summed E-state index contributed by atoms with van der Waals surface area (Å²) in [6, 6.07) is 2.08. The van der Waals surface area contributed by atoms with Crippen molar-refractivity contribution in [2.45, 2.75) is 18.0 Å². The van der Waals surface area contributed by atoms with E-state index < -0.39 is 32.5 Å². The molecule has 130 valence electrons. The van der Waals surface area contributed by atoms with E-state index in [1.807, 2.05) is 0 Å². The molecule has 1 aromatic heterocycles. The number of carbonyl (C=O) groups excluding carboxylic acids is 1. The van der Waals surface area contributed by atoms with Gasteiger partial charge in [-0.1, -0.05) is 17.4 Å². The normalized spacial score (nSPS) is 12.2. The lowest BCUT2D eigenvalue weighted by molar-refractivity contribution is -0.139. The number of nitrogens with two attached hydrogens (primary N) is 1. The summed E-state index contributed by atoms with van der Waals surface area (Å²) < 4.78 is 62.7. The van der Waals surface area contributed by atoms with Crippen LogP contribution in [0.25, 0.3) is 10.4 Å². The van der Waals surface area contributed by atoms with Crippen molar-refractivity contribution in [2.75, 3.05) is 11.6 Å². The number of primary amides is 1. The number of thiazole rings is 1. The predicted octanol–water partition coefficient (Wildman–Crippen LogP) is 3.03. The molecule has 0 unspecified atom stereocenters. The number of aryl methyl sites for hydroxylation is 1. The van der Waals surface area contributed by atoms with Gasteiger partial charge in [0.05, 0.1) is 21.0 Å². The van der Waals surface area contributed by atoms with Gasteiger partial charge in [0, 0.05) is 6.26 Å². The number of nitrogens with one attached hydrogen (secondary N) is 1. The van der Waals surface area contributed by atoms with E-state index in [2.05, 4.69) is 10.3 Å². The van der Waals surface area contributed by atoms with Crippen LogP contribution < -0.4 is 11.1 Å². The van der Waals surface area contributed by atoms with Gasteiger partial charge in [-0.2, -0.15) is 13.2 Å². The second-order valence-corrected chi connectivity index (χ2v) is 7.89. The molecule has 6 nitrogen and oxygen atoms in total. The fraction of sp³-hybridized carbons (Fsp3) is 0.231. The molecule has 1 aromatic carbocycles. The van der Waals surface area contributed by atoms with Crippen LogP contribution in [0.15, 0.2) is 23.1 Å². The van der Waals surface area contributed by atoms with Gasteiger partial charge in [0.2, 0.25) is 0 Å². The molecule has 24 heavy (non-hydrogen) atoms. The summed E-state index contributed by atoms with van der Waals surface area (Å²) >= 11 is 0.934. The molecule has 2 amide bonds. The Labute approximate surface area is 139 Å². The molecule has 2 rings (SSSR count). The Kier molecular flexibility index (Phi) is 4.59. The molecule has 0 spiro atoms. The van der Waals surface area contributed by atoms with Crippen LogP contribution in [0.4, 0.5) is 23.1 Å². The minimum Gasteiger partial charge on any atom is -0.351 e. The Morgan fingerprint density at radius 1 is 1.33 bits per heavy atom. The lowest BCUT2D eigenvalue weighted by Crippen LogP contribution is -2.18. The number of rotatable bonds is 3. The Morgan fingerprint density at radius 2 is 1.96 bits per heavy atom. The zero-order valence-electron chi connectivity index (χ0n) is 12.4. The predicted molar refractivity (Wildman–Crippen MR) is 83.6 cm³/mol. The van der Waals surface area contributed by atoms with Crippen LogP contribution in [0, 0.1) is 6.92 Å². The van der Waals surface area contributed by atoms with Crippen molar-refractivity contribution in [3.8, 4) is 10.4 Å². The molecule has 0 aliphatic carbocycles. The number of benzene rings is 1. The SMILES string of the molecule is Cc1nc(NC(N)=O)sc1-c1ccc(S(C)(=O)=O)c(C(F)(F)F)c1. The van der Waals surface area contributed by atoms with Crippen LogP contribution in [0.3, 0.4) is 0 Å². The molecule has 0 saturated carbocycles. The summed E-state index contributed by atoms with van der Waals surface area (Å²) in [4.78, 5) is 14.4. The van der Waals surface area contributed by atoms with Crippen molar-refractivity contribution in [3.63, 3.8) is 0 Å². The average molecular weight is 379 g/mol. The van der Waals surface area contributed by atoms with Gasteiger partial charge in [0.15, 0.2) is 15.0 Å². The highest BCUT2D eigenvalue weighted by Gasteiger charge is 2.36. The maximum Gasteiger partial charge on any atom is 0.417 e. The first-order valence-corrected chi connectivity index (χ1v) is 9.06. The number of sulfone groups is 1. The molecular formula is C13H12F3N3O3S2. The first kappa shape index (κ1) is 18.2. The van der Waals surface area contributed by atoms with Crippen molar-refractivity contribution in [2.24, 2.45) is 5.73 Å². The molecule has 0 bridgehead atoms. The van der Waals surface area contributed by atoms with Crippen molar-refractivity contribution < 1.29 is 26.4 Å². The molecule has 2 aromatic rings. The molecule has 0 radical (unpaired) electrons. The van der Waals surface area contributed by atoms with Crippen molar-refractivity contribution in [1.29, 1.82) is 0 Å². The Balaban J connectivity index is 2.61. The number of halogens is 3. The van der Waals surface area contributed by atoms with E-state index >= 15 is 0 Å². The lowest BCUT2D eigenvalue weighted by atomic mass is 10.1. The van der Waals surface area contributed by atoms with Gasteiger partial charge in [-0.15, -0.1) is 0 Å². The third-order valence-corrected chi connectivity index (χ3v) is 5.25. The highest BCUT2D eigenvalue weighted by Crippen LogP contribution is 2.39. The zero-order chi connectivity index (χ0) is 18.3. The van der Waals surface area contributed by atoms with Gasteiger partial charge in [0.25, 0.3) is 0 Å². The molecule has 3 N–H and O–H groups in total. The van der Waals surface area contributed by atoms with E-state index in [4.69, 9.17) is 5.73 Å². The van der Waals surface area contributed by atoms with Gasteiger partial charge in [0.1, 0.15) is 0 Å². The van der Waals surface area contributed by atoms with Crippen LogP contribution in [0.2, 0.25) is 0 Å². The van der Waals surface area contributed by atoms with Gasteiger partial charge < -0.3 is 5.73 Å². The Hall–Kier alpha value is -2.14. The number of hydrogen-bond donors (Lipinski definition) is 2. The number of urea groups is 1. The minimum atomic E-state index is -4.83. The van der Waals surface area contributed by atoms with E-state index in [1.54, 1.807) is 6.92 Å². The van der Waals surface area contributed by atoms with Gasteiger partial charge in [-0.3, -0.25) is 5.32 Å². The monoisotopic (exact) mass is 379 g/mol. The molecule has 1 heterocycles. The van der Waals surface area contributed by atoms with Crippen LogP contribution in [0.5, 0.6) is 0 Å². The Bertz CT molecular complexity index is 905. The Morgan fingerprint density at radius 3 is 2.46 bits per heavy atom. The lowest BCUT2D eigenvalue weighted by Gasteiger charge is -2.13. The van der Waals surface area contributed by atoms with Crippen LogP contribution in [0.1, 0.15) is 11.3 Å². The summed E-state index contributed by atoms with van der Waals surface area (Å²) in [5, 5.41) is 2.38. The quantitative estimate of drug-likeness (QED) is 0.856. The molecule has 0 saturated heterocycles. The standard InChI is InChI=1S/C13H12F3N3O3S2/c1-6-10(23-12(18-6)19-11(17)20)7-3-4-9(24(2,21)22)8(5-7)13(14,15)16/h3-5H,1-2H3,(H3,17,18,19,20). The molecule has 0 atom stereocenters. The van der Waals surface area contributed by atoms with E-state index in [9.17, 15) is 26.4 Å². The molecule has 11 heteroatoms. The van der Waals surface area contributed by atoms with Gasteiger partial charge >= 0.3 is 12.2 Å². The number of carbonyl (C=O) groups is 1. The molecule has 0 aliphatic heterocycles. The number of anilines is 1. The highest BCUT2D eigenvalue weighted by atomic mass is 32.2. The highest BCUT2D eigenvalue weighted by molar-refractivity contribution is 7.90. The topological polar surface area (TPSA) is 102 Å². The summed E-state index contributed by atoms with van der Waals surface area (Å²) in [7, 11) is -4.04. The maximum atomic E-state index is 13.2. The third-order valence-electron chi connectivity index (χ3n) is 2.97. The van der Waals surface area contributed by atoms with E-state index in [-0.39, 0.29) is 10.7 Å². The van der Waals surface area contributed by atoms with Gasteiger partial charge in [-0.25, -0.2) is 18.2 Å². The maximum absolute atomic E-state index is 13.2. The summed E-state index contributed by atoms with van der Waals surface area (Å²) in [6.07, 6.45) is -4.12. The number of nitrogens with zero attached hydrogens (tertiary/aromatic N) is 1. The average Bonchev–Trinajstić information content (AvgIpc) is 2.76. The number of amides is 2. The largest absolute Gasteiger partial charge is 0.417 e. The first-order chi connectivity index (χ1) is 10.9. The second-order valence-electron chi connectivity index (χ2n) is 4.90. The number of hydrogen-bond acceptors (Lipinski definition) is 5. The summed E-state index contributed by atoms with van der Waals surface area (Å²) in [6.45, 7) is 1.55. The zero-order valence-corrected chi connectivity index (χ0v) is 14.1. The van der Waals surface area contributed by atoms with Crippen LogP contribution >= 0.6 is 11.3 Å². The van der Waals surface area contributed by atoms with Crippen LogP contribution in [-0.2, 0) is 16.0 Å². The molecule has 0 fully saturated rings. The van der Waals surface area contributed by atoms with Crippen LogP contribution in [-0.4, -0.2) is 25.7 Å². The summed E-state index contributed by atoms with van der Waals surface area (Å²) in [5.41, 5.74) is 4.24. The van der Waals surface area contributed by atoms with Gasteiger partial charge in [-0.05, 0) is 24.6 Å². The van der Waals surface area contributed by atoms with Crippen molar-refractivity contribution in [3.05, 3.63) is 29.5 Å². The molecule has 0 aliphatic rings. The second kappa shape index (κ2) is 6.06. The fourth-order valence-electron chi connectivity index (χ4n) is 2.04. The fourth-order valence-corrected chi connectivity index (χ4v) is 3.89. The van der Waals surface area contributed by atoms with Crippen molar-refractivity contribution >= 4 is 32.3 Å². The summed E-state index contributed by atoms with van der Waals surface area (Å²) in [5.74, 6) is 0. The molecular weight excluding hydrogens is 367 g/mol. The smallest absolute Gasteiger partial charge is 0.351 e. The minimum absolute atomic E-state index is 0.135. The first-order valence-electron chi connectivity index (χ1n) is 6.35. The van der Waals surface area contributed by atoms with E-state index in [0.717, 1.165) is 23.5 Å². The number of alkyl halides is 3. The van der Waals surface area contributed by atoms with Crippen molar-refractivity contribution in [1.82, 2.24) is 4.98 Å². The number of aromatic nitrogens is 1. The van der Waals surface area contributed by atoms with E-state index in [1.165, 1.54) is 6.07 Å². The third kappa shape index (κ3) is 3.85.